The normalized spacial score (nSPS) is 13.0. The molecule has 0 N–H and O–H groups in total. The molecule has 2 rings (SSSR count). The monoisotopic (exact) mass is 150 g/mol. The van der Waals surface area contributed by atoms with E-state index in [0.29, 0.717) is 17.1 Å². The Labute approximate surface area is 63.5 Å². The molecule has 0 aromatic heterocycles. The molecule has 3 nitrogen and oxygen atoms in total. The standard InChI is InChI=1S/C8H6O3/c1-10-6-4-2-3-5-7(6)11-8(5)9/h2-4H,1H3. The zero-order valence-electron chi connectivity index (χ0n) is 5.96. The van der Waals surface area contributed by atoms with Crippen molar-refractivity contribution in [3.05, 3.63) is 23.8 Å². The molecule has 0 amide bonds. The van der Waals surface area contributed by atoms with Crippen LogP contribution in [0.2, 0.25) is 0 Å². The number of ether oxygens (including phenoxy) is 2. The van der Waals surface area contributed by atoms with Gasteiger partial charge in [0.1, 0.15) is 5.56 Å². The Kier molecular flexibility index (Phi) is 1.12. The predicted molar refractivity (Wildman–Crippen MR) is 38.0 cm³/mol. The van der Waals surface area contributed by atoms with Gasteiger partial charge in [-0.3, -0.25) is 0 Å². The fourth-order valence-corrected chi connectivity index (χ4v) is 1.04. The highest BCUT2D eigenvalue weighted by molar-refractivity contribution is 6.02. The van der Waals surface area contributed by atoms with Crippen LogP contribution in [-0.4, -0.2) is 13.1 Å². The maximum atomic E-state index is 10.7. The predicted octanol–water partition coefficient (Wildman–Crippen LogP) is 1.23. The van der Waals surface area contributed by atoms with Crippen molar-refractivity contribution in [2.24, 2.45) is 0 Å². The van der Waals surface area contributed by atoms with Gasteiger partial charge in [0.2, 0.25) is 0 Å². The lowest BCUT2D eigenvalue weighted by atomic mass is 10.1. The third-order valence-corrected chi connectivity index (χ3v) is 1.61. The minimum Gasteiger partial charge on any atom is -0.493 e. The summed E-state index contributed by atoms with van der Waals surface area (Å²) in [5, 5.41) is 0. The highest BCUT2D eigenvalue weighted by Gasteiger charge is 2.29. The van der Waals surface area contributed by atoms with Gasteiger partial charge in [0.15, 0.2) is 11.5 Å². The first kappa shape index (κ1) is 6.22. The lowest BCUT2D eigenvalue weighted by molar-refractivity contribution is 0.0650. The highest BCUT2D eigenvalue weighted by Crippen LogP contribution is 2.37. The Morgan fingerprint density at radius 2 is 2.27 bits per heavy atom. The van der Waals surface area contributed by atoms with E-state index in [4.69, 9.17) is 9.47 Å². The van der Waals surface area contributed by atoms with E-state index in [1.165, 1.54) is 0 Å². The van der Waals surface area contributed by atoms with Gasteiger partial charge in [-0.15, -0.1) is 0 Å². The molecule has 0 saturated carbocycles. The molecule has 0 aliphatic carbocycles. The van der Waals surface area contributed by atoms with Crippen LogP contribution in [0.25, 0.3) is 0 Å². The summed E-state index contributed by atoms with van der Waals surface area (Å²) >= 11 is 0. The molecule has 0 saturated heterocycles. The van der Waals surface area contributed by atoms with Gasteiger partial charge in [-0.05, 0) is 12.1 Å². The van der Waals surface area contributed by atoms with Crippen molar-refractivity contribution in [2.75, 3.05) is 7.11 Å². The first-order valence-electron chi connectivity index (χ1n) is 3.22. The van der Waals surface area contributed by atoms with Gasteiger partial charge >= 0.3 is 5.97 Å². The molecule has 0 radical (unpaired) electrons. The van der Waals surface area contributed by atoms with Crippen LogP contribution in [-0.2, 0) is 0 Å². The summed E-state index contributed by atoms with van der Waals surface area (Å²) in [6.07, 6.45) is 0. The second-order valence-corrected chi connectivity index (χ2v) is 2.23. The first-order valence-corrected chi connectivity index (χ1v) is 3.22. The van der Waals surface area contributed by atoms with Crippen molar-refractivity contribution in [1.29, 1.82) is 0 Å². The zero-order chi connectivity index (χ0) is 7.84. The zero-order valence-corrected chi connectivity index (χ0v) is 5.96. The summed E-state index contributed by atoms with van der Waals surface area (Å²) in [5.74, 6) is 0.890. The number of methoxy groups -OCH3 is 1. The molecule has 0 spiro atoms. The van der Waals surface area contributed by atoms with Crippen LogP contribution in [0.15, 0.2) is 18.2 Å². The quantitative estimate of drug-likeness (QED) is 0.565. The third kappa shape index (κ3) is 0.707. The van der Waals surface area contributed by atoms with Gasteiger partial charge in [-0.1, -0.05) is 6.07 Å². The molecule has 0 bridgehead atoms. The number of hydrogen-bond acceptors (Lipinski definition) is 3. The van der Waals surface area contributed by atoms with Crippen LogP contribution in [0, 0.1) is 0 Å². The van der Waals surface area contributed by atoms with E-state index in [1.54, 1.807) is 25.3 Å². The molecule has 1 aromatic rings. The molecule has 56 valence electrons. The summed E-state index contributed by atoms with van der Waals surface area (Å²) in [6, 6.07) is 5.23. The van der Waals surface area contributed by atoms with Gasteiger partial charge in [0.25, 0.3) is 0 Å². The fraction of sp³-hybridized carbons (Fsp3) is 0.125. The SMILES string of the molecule is COc1cccc2c1OC2=O. The van der Waals surface area contributed by atoms with E-state index in [1.807, 2.05) is 0 Å². The number of fused-ring (bicyclic) bond motifs is 1. The van der Waals surface area contributed by atoms with Crippen LogP contribution in [0.4, 0.5) is 0 Å². The summed E-state index contributed by atoms with van der Waals surface area (Å²) in [4.78, 5) is 10.7. The van der Waals surface area contributed by atoms with E-state index in [-0.39, 0.29) is 5.97 Å². The minimum atomic E-state index is -0.279. The van der Waals surface area contributed by atoms with Gasteiger partial charge < -0.3 is 9.47 Å². The average Bonchev–Trinajstić information content (AvgIpc) is 2.03. The summed E-state index contributed by atoms with van der Waals surface area (Å²) < 4.78 is 9.69. The Balaban J connectivity index is 2.55. The summed E-state index contributed by atoms with van der Waals surface area (Å²) in [7, 11) is 1.54. The van der Waals surface area contributed by atoms with Crippen molar-refractivity contribution in [3.63, 3.8) is 0 Å². The average molecular weight is 150 g/mol. The Bertz CT molecular complexity index is 317. The molecule has 1 aromatic carbocycles. The Morgan fingerprint density at radius 3 is 2.91 bits per heavy atom. The highest BCUT2D eigenvalue weighted by atomic mass is 16.6. The summed E-state index contributed by atoms with van der Waals surface area (Å²) in [6.45, 7) is 0. The van der Waals surface area contributed by atoms with Crippen LogP contribution >= 0.6 is 0 Å². The molecule has 0 fully saturated rings. The lowest BCUT2D eigenvalue weighted by Crippen LogP contribution is -2.21. The molecule has 1 aliphatic heterocycles. The topological polar surface area (TPSA) is 35.5 Å². The maximum Gasteiger partial charge on any atom is 0.347 e. The number of hydrogen-bond donors (Lipinski definition) is 0. The van der Waals surface area contributed by atoms with Crippen molar-refractivity contribution < 1.29 is 14.3 Å². The number of esters is 1. The fourth-order valence-electron chi connectivity index (χ4n) is 1.04. The van der Waals surface area contributed by atoms with Crippen LogP contribution < -0.4 is 9.47 Å². The largest absolute Gasteiger partial charge is 0.493 e. The lowest BCUT2D eigenvalue weighted by Gasteiger charge is -2.19. The smallest absolute Gasteiger partial charge is 0.347 e. The Hall–Kier alpha value is -1.51. The van der Waals surface area contributed by atoms with Gasteiger partial charge in [-0.25, -0.2) is 4.79 Å². The van der Waals surface area contributed by atoms with Gasteiger partial charge in [-0.2, -0.15) is 0 Å². The molecule has 1 aliphatic rings. The van der Waals surface area contributed by atoms with Crippen molar-refractivity contribution >= 4 is 5.97 Å². The number of benzene rings is 1. The van der Waals surface area contributed by atoms with Crippen LogP contribution in [0.3, 0.4) is 0 Å². The van der Waals surface area contributed by atoms with Crippen molar-refractivity contribution in [3.8, 4) is 11.5 Å². The van der Waals surface area contributed by atoms with E-state index in [0.717, 1.165) is 0 Å². The summed E-state index contributed by atoms with van der Waals surface area (Å²) in [5.41, 5.74) is 0.601. The second kappa shape index (κ2) is 1.99. The Morgan fingerprint density at radius 1 is 1.45 bits per heavy atom. The number of carbonyl (C=O) groups excluding carboxylic acids is 1. The maximum absolute atomic E-state index is 10.7. The van der Waals surface area contributed by atoms with Crippen molar-refractivity contribution in [1.82, 2.24) is 0 Å². The molecular weight excluding hydrogens is 144 g/mol. The second-order valence-electron chi connectivity index (χ2n) is 2.23. The van der Waals surface area contributed by atoms with E-state index in [9.17, 15) is 4.79 Å². The number of para-hydroxylation sites is 1. The van der Waals surface area contributed by atoms with Gasteiger partial charge in [0, 0.05) is 0 Å². The molecule has 11 heavy (non-hydrogen) atoms. The van der Waals surface area contributed by atoms with E-state index >= 15 is 0 Å². The minimum absolute atomic E-state index is 0.279. The van der Waals surface area contributed by atoms with Crippen LogP contribution in [0.1, 0.15) is 10.4 Å². The van der Waals surface area contributed by atoms with Crippen molar-refractivity contribution in [2.45, 2.75) is 0 Å². The molecule has 0 unspecified atom stereocenters. The van der Waals surface area contributed by atoms with Gasteiger partial charge in [0.05, 0.1) is 7.11 Å². The van der Waals surface area contributed by atoms with E-state index < -0.39 is 0 Å². The number of rotatable bonds is 1. The third-order valence-electron chi connectivity index (χ3n) is 1.61. The molecular formula is C8H6O3. The molecule has 3 heteroatoms. The number of carbonyl (C=O) groups is 1. The first-order chi connectivity index (χ1) is 5.33. The van der Waals surface area contributed by atoms with Crippen LogP contribution in [0.5, 0.6) is 11.5 Å². The molecule has 0 atom stereocenters. The molecule has 1 heterocycles. The van der Waals surface area contributed by atoms with E-state index in [2.05, 4.69) is 0 Å².